The third kappa shape index (κ3) is 2.82. The van der Waals surface area contributed by atoms with Gasteiger partial charge in [0, 0.05) is 24.7 Å². The first kappa shape index (κ1) is 12.7. The van der Waals surface area contributed by atoms with E-state index < -0.39 is 9.84 Å². The van der Waals surface area contributed by atoms with E-state index in [1.807, 2.05) is 18.7 Å². The van der Waals surface area contributed by atoms with Crippen molar-refractivity contribution in [3.63, 3.8) is 0 Å². The maximum atomic E-state index is 11.4. The molecule has 4 nitrogen and oxygen atoms in total. The fourth-order valence-electron chi connectivity index (χ4n) is 1.43. The molecule has 0 radical (unpaired) electrons. The summed E-state index contributed by atoms with van der Waals surface area (Å²) in [6.07, 6.45) is 4.16. The summed E-state index contributed by atoms with van der Waals surface area (Å²) in [6.45, 7) is 8.42. The van der Waals surface area contributed by atoms with Crippen LogP contribution in [0.25, 0.3) is 0 Å². The minimum Gasteiger partial charge on any atom is -0.345 e. The lowest BCUT2D eigenvalue weighted by Gasteiger charge is -2.22. The fraction of sp³-hybridized carbons (Fsp3) is 0.364. The van der Waals surface area contributed by atoms with Gasteiger partial charge in [0.2, 0.25) is 0 Å². The van der Waals surface area contributed by atoms with Crippen molar-refractivity contribution in [1.29, 1.82) is 0 Å². The van der Waals surface area contributed by atoms with E-state index in [1.165, 1.54) is 12.5 Å². The van der Waals surface area contributed by atoms with Crippen molar-refractivity contribution in [2.24, 2.45) is 0 Å². The van der Waals surface area contributed by atoms with E-state index in [9.17, 15) is 8.42 Å². The van der Waals surface area contributed by atoms with Gasteiger partial charge in [-0.1, -0.05) is 6.58 Å². The molecule has 0 aliphatic rings. The van der Waals surface area contributed by atoms with Crippen LogP contribution in [0.3, 0.4) is 0 Å². The largest absolute Gasteiger partial charge is 0.345 e. The van der Waals surface area contributed by atoms with Crippen LogP contribution in [0.15, 0.2) is 35.6 Å². The van der Waals surface area contributed by atoms with E-state index in [0.717, 1.165) is 17.9 Å². The van der Waals surface area contributed by atoms with E-state index in [0.29, 0.717) is 0 Å². The molecule has 0 spiro atoms. The normalized spacial score (nSPS) is 11.2. The second kappa shape index (κ2) is 4.65. The summed E-state index contributed by atoms with van der Waals surface area (Å²) < 4.78 is 22.8. The standard InChI is InChI=1S/C11H16N2O2S/c1-5-13(9(2)3)10-6-11(8-12-7-10)16(4,14)15/h6-8H,2,5H2,1,3-4H3. The van der Waals surface area contributed by atoms with Crippen LogP contribution in [-0.4, -0.2) is 26.2 Å². The first-order chi connectivity index (χ1) is 7.36. The molecule has 0 saturated carbocycles. The van der Waals surface area contributed by atoms with Crippen molar-refractivity contribution in [3.05, 3.63) is 30.7 Å². The number of nitrogens with zero attached hydrogens (tertiary/aromatic N) is 2. The Morgan fingerprint density at radius 3 is 2.56 bits per heavy atom. The second-order valence-corrected chi connectivity index (χ2v) is 5.65. The third-order valence-electron chi connectivity index (χ3n) is 2.22. The highest BCUT2D eigenvalue weighted by Gasteiger charge is 2.11. The number of hydrogen-bond donors (Lipinski definition) is 0. The summed E-state index contributed by atoms with van der Waals surface area (Å²) >= 11 is 0. The monoisotopic (exact) mass is 240 g/mol. The first-order valence-corrected chi connectivity index (χ1v) is 6.83. The van der Waals surface area contributed by atoms with Gasteiger partial charge in [0.15, 0.2) is 9.84 Å². The first-order valence-electron chi connectivity index (χ1n) is 4.94. The molecule has 1 aromatic heterocycles. The number of aromatic nitrogens is 1. The molecule has 88 valence electrons. The molecule has 0 atom stereocenters. The maximum absolute atomic E-state index is 11.4. The summed E-state index contributed by atoms with van der Waals surface area (Å²) in [5.74, 6) is 0. The topological polar surface area (TPSA) is 50.3 Å². The van der Waals surface area contributed by atoms with Gasteiger partial charge in [-0.05, 0) is 19.9 Å². The molecule has 1 heterocycles. The van der Waals surface area contributed by atoms with Crippen molar-refractivity contribution in [2.75, 3.05) is 17.7 Å². The Kier molecular flexibility index (Phi) is 3.70. The van der Waals surface area contributed by atoms with Crippen LogP contribution < -0.4 is 4.90 Å². The van der Waals surface area contributed by atoms with Crippen LogP contribution >= 0.6 is 0 Å². The quantitative estimate of drug-likeness (QED) is 0.806. The zero-order valence-electron chi connectivity index (χ0n) is 9.77. The highest BCUT2D eigenvalue weighted by atomic mass is 32.2. The highest BCUT2D eigenvalue weighted by molar-refractivity contribution is 7.90. The molecule has 1 rings (SSSR count). The molecule has 0 aliphatic heterocycles. The zero-order chi connectivity index (χ0) is 12.3. The van der Waals surface area contributed by atoms with E-state index in [4.69, 9.17) is 0 Å². The average Bonchev–Trinajstić information content (AvgIpc) is 2.17. The van der Waals surface area contributed by atoms with Crippen LogP contribution in [0.5, 0.6) is 0 Å². The highest BCUT2D eigenvalue weighted by Crippen LogP contribution is 2.20. The van der Waals surface area contributed by atoms with Crippen molar-refractivity contribution in [1.82, 2.24) is 4.98 Å². The van der Waals surface area contributed by atoms with Gasteiger partial charge in [-0.25, -0.2) is 8.42 Å². The molecular weight excluding hydrogens is 224 g/mol. The summed E-state index contributed by atoms with van der Waals surface area (Å²) in [5.41, 5.74) is 1.60. The number of sulfone groups is 1. The zero-order valence-corrected chi connectivity index (χ0v) is 10.6. The number of pyridine rings is 1. The molecule has 0 fully saturated rings. The molecule has 5 heteroatoms. The number of rotatable bonds is 4. The fourth-order valence-corrected chi connectivity index (χ4v) is 2.02. The molecule has 0 N–H and O–H groups in total. The van der Waals surface area contributed by atoms with Gasteiger partial charge in [0.05, 0.1) is 16.8 Å². The molecule has 1 aromatic rings. The summed E-state index contributed by atoms with van der Waals surface area (Å²) in [4.78, 5) is 6.07. The van der Waals surface area contributed by atoms with Gasteiger partial charge >= 0.3 is 0 Å². The molecule has 0 aliphatic carbocycles. The molecule has 0 bridgehead atoms. The summed E-state index contributed by atoms with van der Waals surface area (Å²) in [5, 5.41) is 0. The lowest BCUT2D eigenvalue weighted by atomic mass is 10.3. The van der Waals surface area contributed by atoms with Gasteiger partial charge in [0.25, 0.3) is 0 Å². The van der Waals surface area contributed by atoms with E-state index in [2.05, 4.69) is 11.6 Å². The summed E-state index contributed by atoms with van der Waals surface area (Å²) in [7, 11) is -3.21. The number of anilines is 1. The van der Waals surface area contributed by atoms with Crippen molar-refractivity contribution >= 4 is 15.5 Å². The van der Waals surface area contributed by atoms with Crippen molar-refractivity contribution in [2.45, 2.75) is 18.7 Å². The predicted molar refractivity (Wildman–Crippen MR) is 65.2 cm³/mol. The third-order valence-corrected chi connectivity index (χ3v) is 3.30. The van der Waals surface area contributed by atoms with Crippen molar-refractivity contribution < 1.29 is 8.42 Å². The lowest BCUT2D eigenvalue weighted by molar-refractivity contribution is 0.601. The summed E-state index contributed by atoms with van der Waals surface area (Å²) in [6, 6.07) is 1.61. The molecular formula is C11H16N2O2S. The Morgan fingerprint density at radius 1 is 1.50 bits per heavy atom. The Hall–Kier alpha value is -1.36. The minimum atomic E-state index is -3.21. The lowest BCUT2D eigenvalue weighted by Crippen LogP contribution is -2.19. The number of hydrogen-bond acceptors (Lipinski definition) is 4. The van der Waals surface area contributed by atoms with E-state index in [-0.39, 0.29) is 4.90 Å². The molecule has 0 saturated heterocycles. The van der Waals surface area contributed by atoms with Crippen LogP contribution in [0.2, 0.25) is 0 Å². The average molecular weight is 240 g/mol. The van der Waals surface area contributed by atoms with Gasteiger partial charge in [-0.15, -0.1) is 0 Å². The minimum absolute atomic E-state index is 0.227. The molecule has 16 heavy (non-hydrogen) atoms. The Labute approximate surface area is 96.5 Å². The van der Waals surface area contributed by atoms with E-state index >= 15 is 0 Å². The van der Waals surface area contributed by atoms with Crippen LogP contribution in [0.1, 0.15) is 13.8 Å². The molecule has 0 amide bonds. The molecule has 0 aromatic carbocycles. The second-order valence-electron chi connectivity index (χ2n) is 3.63. The Balaban J connectivity index is 3.22. The Morgan fingerprint density at radius 2 is 2.12 bits per heavy atom. The van der Waals surface area contributed by atoms with E-state index in [1.54, 1.807) is 12.3 Å². The molecule has 0 unspecified atom stereocenters. The van der Waals surface area contributed by atoms with Gasteiger partial charge < -0.3 is 4.90 Å². The maximum Gasteiger partial charge on any atom is 0.177 e. The number of allylic oxidation sites excluding steroid dienone is 1. The van der Waals surface area contributed by atoms with Crippen LogP contribution in [0, 0.1) is 0 Å². The smallest absolute Gasteiger partial charge is 0.177 e. The van der Waals surface area contributed by atoms with Crippen LogP contribution in [0.4, 0.5) is 5.69 Å². The van der Waals surface area contributed by atoms with Gasteiger partial charge in [0.1, 0.15) is 0 Å². The van der Waals surface area contributed by atoms with Crippen LogP contribution in [-0.2, 0) is 9.84 Å². The van der Waals surface area contributed by atoms with Gasteiger partial charge in [-0.3, -0.25) is 4.98 Å². The van der Waals surface area contributed by atoms with Crippen molar-refractivity contribution in [3.8, 4) is 0 Å². The Bertz CT molecular complexity index is 494. The predicted octanol–water partition coefficient (Wildman–Crippen LogP) is 1.85. The van der Waals surface area contributed by atoms with Gasteiger partial charge in [-0.2, -0.15) is 0 Å². The SMILES string of the molecule is C=C(C)N(CC)c1cncc(S(C)(=O)=O)c1.